The Hall–Kier alpha value is 0.697. The summed E-state index contributed by atoms with van der Waals surface area (Å²) in [5, 5.41) is 1.24. The summed E-state index contributed by atoms with van der Waals surface area (Å²) in [4.78, 5) is 0. The average molecular weight is 207 g/mol. The van der Waals surface area contributed by atoms with E-state index in [9.17, 15) is 0 Å². The Morgan fingerprint density at radius 2 is 2.22 bits per heavy atom. The molecule has 1 rings (SSSR count). The van der Waals surface area contributed by atoms with Gasteiger partial charge in [0.25, 0.3) is 0 Å². The molecule has 1 aliphatic rings. The van der Waals surface area contributed by atoms with E-state index in [1.807, 2.05) is 0 Å². The molecule has 0 bridgehead atoms. The summed E-state index contributed by atoms with van der Waals surface area (Å²) in [6.45, 7) is 5.02. The largest absolute Gasteiger partial charge is 0.0925 e. The lowest BCUT2D eigenvalue weighted by Gasteiger charge is -2.12. The van der Waals surface area contributed by atoms with Crippen molar-refractivity contribution in [3.8, 4) is 0 Å². The van der Waals surface area contributed by atoms with Gasteiger partial charge < -0.3 is 0 Å². The average Bonchev–Trinajstić information content (AvgIpc) is 2.10. The molecule has 0 amide bonds. The number of alkyl halides is 1. The minimum absolute atomic E-state index is 0.654. The van der Waals surface area contributed by atoms with Crippen LogP contribution in [0.2, 0.25) is 25.2 Å². The minimum atomic E-state index is -0.654. The van der Waals surface area contributed by atoms with E-state index in [-0.39, 0.29) is 0 Å². The highest BCUT2D eigenvalue weighted by atomic mass is 79.9. The summed E-state index contributed by atoms with van der Waals surface area (Å²) < 4.78 is 0. The van der Waals surface area contributed by atoms with Gasteiger partial charge in [-0.05, 0) is 5.92 Å². The monoisotopic (exact) mass is 206 g/mol. The highest BCUT2D eigenvalue weighted by Gasteiger charge is 2.31. The number of hydrogen-bond acceptors (Lipinski definition) is 0. The van der Waals surface area contributed by atoms with Gasteiger partial charge in [-0.25, -0.2) is 0 Å². The Labute approximate surface area is 67.2 Å². The molecule has 0 spiro atoms. The Morgan fingerprint density at radius 3 is 2.44 bits per heavy atom. The summed E-state index contributed by atoms with van der Waals surface area (Å²) in [7, 11) is -0.654. The molecular formula is C7H15BrSi. The van der Waals surface area contributed by atoms with Gasteiger partial charge in [-0.15, -0.1) is 0 Å². The van der Waals surface area contributed by atoms with Crippen LogP contribution in [0.3, 0.4) is 0 Å². The van der Waals surface area contributed by atoms with E-state index >= 15 is 0 Å². The molecule has 2 heteroatoms. The van der Waals surface area contributed by atoms with Crippen LogP contribution in [0.5, 0.6) is 0 Å². The zero-order valence-electron chi connectivity index (χ0n) is 6.28. The molecule has 1 heterocycles. The molecule has 54 valence electrons. The topological polar surface area (TPSA) is 0 Å². The van der Waals surface area contributed by atoms with E-state index in [1.165, 1.54) is 11.8 Å². The lowest BCUT2D eigenvalue weighted by Crippen LogP contribution is -2.19. The first kappa shape index (κ1) is 7.80. The summed E-state index contributed by atoms with van der Waals surface area (Å²) in [5.41, 5.74) is 0. The normalized spacial score (nSPS) is 33.0. The van der Waals surface area contributed by atoms with Crippen molar-refractivity contribution in [3.05, 3.63) is 0 Å². The quantitative estimate of drug-likeness (QED) is 0.457. The van der Waals surface area contributed by atoms with Crippen molar-refractivity contribution in [2.45, 2.75) is 31.6 Å². The first-order valence-corrected chi connectivity index (χ1v) is 8.23. The van der Waals surface area contributed by atoms with Crippen LogP contribution in [0, 0.1) is 5.92 Å². The highest BCUT2D eigenvalue weighted by molar-refractivity contribution is 9.09. The predicted molar refractivity (Wildman–Crippen MR) is 49.0 cm³/mol. The van der Waals surface area contributed by atoms with Crippen molar-refractivity contribution in [2.75, 3.05) is 5.33 Å². The minimum Gasteiger partial charge on any atom is -0.0925 e. The summed E-state index contributed by atoms with van der Waals surface area (Å²) in [6, 6.07) is 3.11. The van der Waals surface area contributed by atoms with Crippen molar-refractivity contribution in [2.24, 2.45) is 5.92 Å². The van der Waals surface area contributed by atoms with Gasteiger partial charge >= 0.3 is 0 Å². The van der Waals surface area contributed by atoms with Gasteiger partial charge in [0.1, 0.15) is 0 Å². The molecule has 0 nitrogen and oxygen atoms in total. The molecule has 0 aliphatic carbocycles. The lowest BCUT2D eigenvalue weighted by molar-refractivity contribution is 0.674. The van der Waals surface area contributed by atoms with E-state index in [0.29, 0.717) is 0 Å². The van der Waals surface area contributed by atoms with Gasteiger partial charge in [0.2, 0.25) is 0 Å². The van der Waals surface area contributed by atoms with E-state index in [4.69, 9.17) is 0 Å². The van der Waals surface area contributed by atoms with Gasteiger partial charge in [-0.2, -0.15) is 0 Å². The Balaban J connectivity index is 2.38. The number of halogens is 1. The zero-order valence-corrected chi connectivity index (χ0v) is 8.87. The molecule has 0 radical (unpaired) electrons. The van der Waals surface area contributed by atoms with Gasteiger partial charge in [0, 0.05) is 13.4 Å². The molecule has 0 aromatic carbocycles. The van der Waals surface area contributed by atoms with Crippen molar-refractivity contribution in [3.63, 3.8) is 0 Å². The van der Waals surface area contributed by atoms with E-state index < -0.39 is 8.07 Å². The third-order valence-corrected chi connectivity index (χ3v) is 6.53. The van der Waals surface area contributed by atoms with Crippen molar-refractivity contribution in [1.29, 1.82) is 0 Å². The van der Waals surface area contributed by atoms with E-state index in [2.05, 4.69) is 29.0 Å². The molecule has 0 N–H and O–H groups in total. The molecule has 0 saturated carbocycles. The zero-order chi connectivity index (χ0) is 6.91. The third-order valence-electron chi connectivity index (χ3n) is 2.29. The standard InChI is InChI=1S/C7H15BrSi/c1-9(2)4-3-7(5-8)6-9/h7H,3-6H2,1-2H3. The maximum absolute atomic E-state index is 3.55. The third kappa shape index (κ3) is 2.08. The SMILES string of the molecule is C[Si]1(C)CCC(CBr)C1. The van der Waals surface area contributed by atoms with Crippen LogP contribution in [-0.2, 0) is 0 Å². The fraction of sp³-hybridized carbons (Fsp3) is 1.00. The second kappa shape index (κ2) is 2.75. The van der Waals surface area contributed by atoms with Crippen LogP contribution in [0.15, 0.2) is 0 Å². The highest BCUT2D eigenvalue weighted by Crippen LogP contribution is 2.35. The number of rotatable bonds is 1. The van der Waals surface area contributed by atoms with Crippen LogP contribution in [0.4, 0.5) is 0 Å². The molecule has 1 aliphatic heterocycles. The smallest absolute Gasteiger partial charge is 0.0476 e. The van der Waals surface area contributed by atoms with Gasteiger partial charge in [0.05, 0.1) is 0 Å². The Kier molecular flexibility index (Phi) is 2.38. The maximum atomic E-state index is 3.55. The Morgan fingerprint density at radius 1 is 1.56 bits per heavy atom. The fourth-order valence-electron chi connectivity index (χ4n) is 1.71. The van der Waals surface area contributed by atoms with Crippen LogP contribution in [0.1, 0.15) is 6.42 Å². The van der Waals surface area contributed by atoms with Crippen molar-refractivity contribution in [1.82, 2.24) is 0 Å². The van der Waals surface area contributed by atoms with E-state index in [1.54, 1.807) is 12.1 Å². The molecule has 1 saturated heterocycles. The number of hydrogen-bond donors (Lipinski definition) is 0. The first-order chi connectivity index (χ1) is 4.14. The summed E-state index contributed by atoms with van der Waals surface area (Å²) in [6.07, 6.45) is 1.49. The van der Waals surface area contributed by atoms with Crippen LogP contribution in [-0.4, -0.2) is 13.4 Å². The van der Waals surface area contributed by atoms with Crippen molar-refractivity contribution < 1.29 is 0 Å². The molecule has 9 heavy (non-hydrogen) atoms. The molecule has 1 unspecified atom stereocenters. The fourth-order valence-corrected chi connectivity index (χ4v) is 5.99. The first-order valence-electron chi connectivity index (χ1n) is 3.70. The maximum Gasteiger partial charge on any atom is 0.0476 e. The lowest BCUT2D eigenvalue weighted by atomic mass is 10.2. The van der Waals surface area contributed by atoms with Crippen LogP contribution in [0.25, 0.3) is 0 Å². The van der Waals surface area contributed by atoms with E-state index in [0.717, 1.165) is 5.92 Å². The van der Waals surface area contributed by atoms with Crippen LogP contribution < -0.4 is 0 Å². The second-order valence-electron chi connectivity index (χ2n) is 3.93. The predicted octanol–water partition coefficient (Wildman–Crippen LogP) is 3.11. The Bertz CT molecular complexity index is 101. The van der Waals surface area contributed by atoms with Crippen LogP contribution >= 0.6 is 15.9 Å². The molecular weight excluding hydrogens is 192 g/mol. The van der Waals surface area contributed by atoms with Gasteiger partial charge in [0.15, 0.2) is 0 Å². The van der Waals surface area contributed by atoms with Gasteiger partial charge in [-0.1, -0.05) is 47.5 Å². The summed E-state index contributed by atoms with van der Waals surface area (Å²) in [5.74, 6) is 1.02. The molecule has 1 fully saturated rings. The molecule has 1 atom stereocenters. The second-order valence-corrected chi connectivity index (χ2v) is 9.81. The molecule has 0 aromatic rings. The van der Waals surface area contributed by atoms with Crippen molar-refractivity contribution >= 4 is 24.0 Å². The van der Waals surface area contributed by atoms with Gasteiger partial charge in [-0.3, -0.25) is 0 Å². The summed E-state index contributed by atoms with van der Waals surface area (Å²) >= 11 is 3.55. The molecule has 0 aromatic heterocycles.